The van der Waals surface area contributed by atoms with Crippen LogP contribution < -0.4 is 0 Å². The topological polar surface area (TPSA) is 108 Å². The number of sulfonamides is 1. The summed E-state index contributed by atoms with van der Waals surface area (Å²) < 4.78 is 32.1. The maximum atomic E-state index is 12.7. The van der Waals surface area contributed by atoms with Crippen molar-refractivity contribution in [1.29, 1.82) is 0 Å². The minimum absolute atomic E-state index is 0.0243. The van der Waals surface area contributed by atoms with Gasteiger partial charge in [0.15, 0.2) is 0 Å². The summed E-state index contributed by atoms with van der Waals surface area (Å²) in [6.45, 7) is 2.80. The lowest BCUT2D eigenvalue weighted by Gasteiger charge is -2.34. The molecular formula is C18H20N2O6S. The molecule has 0 spiro atoms. The van der Waals surface area contributed by atoms with Gasteiger partial charge in [0.25, 0.3) is 5.91 Å². The first-order valence-corrected chi connectivity index (χ1v) is 9.97. The van der Waals surface area contributed by atoms with E-state index in [0.29, 0.717) is 17.7 Å². The number of furan rings is 1. The highest BCUT2D eigenvalue weighted by Crippen LogP contribution is 2.20. The van der Waals surface area contributed by atoms with Crippen molar-refractivity contribution in [2.45, 2.75) is 18.2 Å². The molecule has 0 aliphatic carbocycles. The average molecular weight is 392 g/mol. The van der Waals surface area contributed by atoms with Crippen LogP contribution in [0.4, 0.5) is 0 Å². The SMILES string of the molecule is CCc1occc1C(=O)N1CCN(S(=O)(=O)c2ccc(C(=O)O)cc2)CC1. The Kier molecular flexibility index (Phi) is 5.33. The van der Waals surface area contributed by atoms with Gasteiger partial charge in [-0.05, 0) is 30.3 Å². The number of carboxylic acids is 1. The van der Waals surface area contributed by atoms with Crippen LogP contribution in [0.5, 0.6) is 0 Å². The summed E-state index contributed by atoms with van der Waals surface area (Å²) in [5.41, 5.74) is 0.536. The van der Waals surface area contributed by atoms with Gasteiger partial charge in [-0.2, -0.15) is 4.31 Å². The third kappa shape index (κ3) is 3.74. The van der Waals surface area contributed by atoms with Crippen molar-refractivity contribution in [3.05, 3.63) is 53.5 Å². The molecule has 2 heterocycles. The Morgan fingerprint density at radius 1 is 1.07 bits per heavy atom. The number of nitrogens with zero attached hydrogens (tertiary/aromatic N) is 2. The molecule has 3 rings (SSSR count). The molecule has 0 radical (unpaired) electrons. The summed E-state index contributed by atoms with van der Waals surface area (Å²) in [6, 6.07) is 6.74. The van der Waals surface area contributed by atoms with E-state index in [0.717, 1.165) is 0 Å². The average Bonchev–Trinajstić information content (AvgIpc) is 3.16. The fraction of sp³-hybridized carbons (Fsp3) is 0.333. The van der Waals surface area contributed by atoms with Crippen LogP contribution in [0, 0.1) is 0 Å². The lowest BCUT2D eigenvalue weighted by Crippen LogP contribution is -2.50. The van der Waals surface area contributed by atoms with Crippen molar-refractivity contribution >= 4 is 21.9 Å². The van der Waals surface area contributed by atoms with Gasteiger partial charge in [-0.1, -0.05) is 6.92 Å². The van der Waals surface area contributed by atoms with Gasteiger partial charge in [-0.3, -0.25) is 4.79 Å². The van der Waals surface area contributed by atoms with Crippen LogP contribution in [0.25, 0.3) is 0 Å². The molecule has 9 heteroatoms. The van der Waals surface area contributed by atoms with Crippen LogP contribution in [0.15, 0.2) is 45.9 Å². The van der Waals surface area contributed by atoms with Crippen LogP contribution in [0.3, 0.4) is 0 Å². The van der Waals surface area contributed by atoms with Gasteiger partial charge in [0, 0.05) is 32.6 Å². The number of aryl methyl sites for hydroxylation is 1. The Balaban J connectivity index is 1.69. The van der Waals surface area contributed by atoms with Crippen molar-refractivity contribution in [1.82, 2.24) is 9.21 Å². The number of rotatable bonds is 5. The number of carbonyl (C=O) groups is 2. The Bertz CT molecular complexity index is 940. The van der Waals surface area contributed by atoms with Gasteiger partial charge in [-0.25, -0.2) is 13.2 Å². The standard InChI is InChI=1S/C18H20N2O6S/c1-2-16-15(7-12-26-16)17(21)19-8-10-20(11-9-19)27(24,25)14-5-3-13(4-6-14)18(22)23/h3-7,12H,2,8-11H2,1H3,(H,22,23). The van der Waals surface area contributed by atoms with Crippen molar-refractivity contribution < 1.29 is 27.5 Å². The Morgan fingerprint density at radius 2 is 1.70 bits per heavy atom. The van der Waals surface area contributed by atoms with Gasteiger partial charge in [0.1, 0.15) is 5.76 Å². The van der Waals surface area contributed by atoms with E-state index >= 15 is 0 Å². The second-order valence-corrected chi connectivity index (χ2v) is 8.07. The molecule has 0 unspecified atom stereocenters. The molecule has 1 amide bonds. The summed E-state index contributed by atoms with van der Waals surface area (Å²) in [4.78, 5) is 25.2. The second-order valence-electron chi connectivity index (χ2n) is 6.14. The van der Waals surface area contributed by atoms with Gasteiger partial charge in [-0.15, -0.1) is 0 Å². The number of carboxylic acid groups (broad SMARTS) is 1. The zero-order valence-electron chi connectivity index (χ0n) is 14.8. The fourth-order valence-electron chi connectivity index (χ4n) is 3.03. The van der Waals surface area contributed by atoms with Crippen LogP contribution in [-0.2, 0) is 16.4 Å². The molecule has 1 N–H and O–H groups in total. The van der Waals surface area contributed by atoms with Gasteiger partial charge < -0.3 is 14.4 Å². The minimum atomic E-state index is -3.74. The molecule has 1 aliphatic rings. The van der Waals surface area contributed by atoms with E-state index in [4.69, 9.17) is 9.52 Å². The smallest absolute Gasteiger partial charge is 0.335 e. The van der Waals surface area contributed by atoms with E-state index in [-0.39, 0.29) is 42.5 Å². The molecule has 1 saturated heterocycles. The number of amides is 1. The monoisotopic (exact) mass is 392 g/mol. The van der Waals surface area contributed by atoms with E-state index in [9.17, 15) is 18.0 Å². The van der Waals surface area contributed by atoms with E-state index in [1.54, 1.807) is 11.0 Å². The van der Waals surface area contributed by atoms with Crippen LogP contribution >= 0.6 is 0 Å². The van der Waals surface area contributed by atoms with Crippen LogP contribution in [0.2, 0.25) is 0 Å². The van der Waals surface area contributed by atoms with Crippen LogP contribution in [-0.4, -0.2) is 60.8 Å². The molecule has 1 aromatic carbocycles. The second kappa shape index (κ2) is 7.53. The molecule has 1 aromatic heterocycles. The van der Waals surface area contributed by atoms with Gasteiger partial charge in [0.05, 0.1) is 22.3 Å². The molecule has 1 aliphatic heterocycles. The van der Waals surface area contributed by atoms with E-state index in [1.807, 2.05) is 6.92 Å². The summed E-state index contributed by atoms with van der Waals surface area (Å²) in [7, 11) is -3.74. The van der Waals surface area contributed by atoms with Crippen molar-refractivity contribution in [2.75, 3.05) is 26.2 Å². The lowest BCUT2D eigenvalue weighted by atomic mass is 10.2. The predicted octanol–water partition coefficient (Wildman–Crippen LogP) is 1.69. The van der Waals surface area contributed by atoms with E-state index in [1.165, 1.54) is 34.8 Å². The number of carbonyl (C=O) groups excluding carboxylic acids is 1. The summed E-state index contributed by atoms with van der Waals surface area (Å²) >= 11 is 0. The number of benzene rings is 1. The summed E-state index contributed by atoms with van der Waals surface area (Å²) in [5.74, 6) is -0.659. The maximum absolute atomic E-state index is 12.7. The van der Waals surface area contributed by atoms with Gasteiger partial charge >= 0.3 is 5.97 Å². The molecule has 8 nitrogen and oxygen atoms in total. The quantitative estimate of drug-likeness (QED) is 0.829. The summed E-state index contributed by atoms with van der Waals surface area (Å²) in [6.07, 6.45) is 2.09. The van der Waals surface area contributed by atoms with Crippen molar-refractivity contribution in [3.8, 4) is 0 Å². The first-order valence-electron chi connectivity index (χ1n) is 8.53. The number of piperazine rings is 1. The first-order chi connectivity index (χ1) is 12.8. The largest absolute Gasteiger partial charge is 0.478 e. The molecule has 27 heavy (non-hydrogen) atoms. The minimum Gasteiger partial charge on any atom is -0.478 e. The highest BCUT2D eigenvalue weighted by molar-refractivity contribution is 7.89. The van der Waals surface area contributed by atoms with Crippen LogP contribution in [0.1, 0.15) is 33.4 Å². The van der Waals surface area contributed by atoms with E-state index < -0.39 is 16.0 Å². The Morgan fingerprint density at radius 3 is 2.26 bits per heavy atom. The molecule has 1 fully saturated rings. The molecule has 0 bridgehead atoms. The zero-order valence-corrected chi connectivity index (χ0v) is 15.6. The number of hydrogen-bond donors (Lipinski definition) is 1. The first kappa shape index (κ1) is 19.1. The number of aromatic carboxylic acids is 1. The van der Waals surface area contributed by atoms with E-state index in [2.05, 4.69) is 0 Å². The lowest BCUT2D eigenvalue weighted by molar-refractivity contribution is 0.0688. The third-order valence-corrected chi connectivity index (χ3v) is 6.47. The molecule has 144 valence electrons. The molecule has 0 atom stereocenters. The highest BCUT2D eigenvalue weighted by atomic mass is 32.2. The Labute approximate surface area is 157 Å². The molecular weight excluding hydrogens is 372 g/mol. The molecule has 0 saturated carbocycles. The van der Waals surface area contributed by atoms with Crippen molar-refractivity contribution in [2.24, 2.45) is 0 Å². The predicted molar refractivity (Wildman–Crippen MR) is 96.1 cm³/mol. The summed E-state index contributed by atoms with van der Waals surface area (Å²) in [5, 5.41) is 8.92. The fourth-order valence-corrected chi connectivity index (χ4v) is 4.45. The molecule has 2 aromatic rings. The zero-order chi connectivity index (χ0) is 19.6. The van der Waals surface area contributed by atoms with Gasteiger partial charge in [0.2, 0.25) is 10.0 Å². The third-order valence-electron chi connectivity index (χ3n) is 4.56. The normalized spacial score (nSPS) is 15.7. The maximum Gasteiger partial charge on any atom is 0.335 e. The van der Waals surface area contributed by atoms with Crippen molar-refractivity contribution in [3.63, 3.8) is 0 Å². The Hall–Kier alpha value is -2.65. The highest BCUT2D eigenvalue weighted by Gasteiger charge is 2.31. The number of hydrogen-bond acceptors (Lipinski definition) is 5.